The molecule has 0 radical (unpaired) electrons. The Bertz CT molecular complexity index is 800. The van der Waals surface area contributed by atoms with E-state index in [-0.39, 0.29) is 18.4 Å². The molecular weight excluding hydrogens is 348 g/mol. The third-order valence-corrected chi connectivity index (χ3v) is 3.73. The Morgan fingerprint density at radius 1 is 1.00 bits per heavy atom. The Morgan fingerprint density at radius 3 is 2.15 bits per heavy atom. The Morgan fingerprint density at radius 2 is 1.63 bits per heavy atom. The van der Waals surface area contributed by atoms with Crippen LogP contribution in [0, 0.1) is 0 Å². The fourth-order valence-electron chi connectivity index (χ4n) is 2.43. The van der Waals surface area contributed by atoms with Crippen molar-refractivity contribution >= 4 is 29.2 Å². The van der Waals surface area contributed by atoms with Gasteiger partial charge < -0.3 is 19.7 Å². The Hall–Kier alpha value is -3.35. The van der Waals surface area contributed by atoms with Crippen molar-refractivity contribution in [3.8, 4) is 5.75 Å². The molecule has 0 saturated carbocycles. The van der Waals surface area contributed by atoms with Crippen LogP contribution in [-0.4, -0.2) is 38.0 Å². The molecule has 0 spiro atoms. The maximum atomic E-state index is 12.3. The molecule has 7 heteroatoms. The first-order chi connectivity index (χ1) is 12.9. The van der Waals surface area contributed by atoms with Crippen LogP contribution in [0.1, 0.15) is 24.2 Å². The Kier molecular flexibility index (Phi) is 6.93. The second kappa shape index (κ2) is 9.38. The van der Waals surface area contributed by atoms with Crippen LogP contribution in [0.2, 0.25) is 0 Å². The highest BCUT2D eigenvalue weighted by molar-refractivity contribution is 6.02. The first-order valence-electron chi connectivity index (χ1n) is 8.43. The number of methoxy groups -OCH3 is 1. The number of nitrogens with zero attached hydrogens (tertiary/aromatic N) is 1. The number of esters is 1. The van der Waals surface area contributed by atoms with Gasteiger partial charge >= 0.3 is 5.97 Å². The lowest BCUT2D eigenvalue weighted by molar-refractivity contribution is -0.120. The number of amides is 2. The molecule has 1 N–H and O–H groups in total. The average molecular weight is 370 g/mol. The van der Waals surface area contributed by atoms with Gasteiger partial charge in [0, 0.05) is 18.3 Å². The number of carbonyl (C=O) groups is 3. The van der Waals surface area contributed by atoms with Gasteiger partial charge in [-0.3, -0.25) is 9.59 Å². The van der Waals surface area contributed by atoms with E-state index in [1.54, 1.807) is 48.5 Å². The number of ether oxygens (including phenoxy) is 2. The molecule has 0 aliphatic carbocycles. The quantitative estimate of drug-likeness (QED) is 0.758. The average Bonchev–Trinajstić information content (AvgIpc) is 2.67. The molecule has 2 aromatic rings. The van der Waals surface area contributed by atoms with E-state index in [4.69, 9.17) is 4.74 Å². The summed E-state index contributed by atoms with van der Waals surface area (Å²) in [5.74, 6) is -0.369. The van der Waals surface area contributed by atoms with Crippen LogP contribution in [0.5, 0.6) is 5.75 Å². The van der Waals surface area contributed by atoms with Gasteiger partial charge in [0.15, 0.2) is 0 Å². The minimum absolute atomic E-state index is 0.137. The summed E-state index contributed by atoms with van der Waals surface area (Å²) in [6.07, 6.45) is 0. The lowest BCUT2D eigenvalue weighted by atomic mass is 10.2. The summed E-state index contributed by atoms with van der Waals surface area (Å²) in [7, 11) is 1.30. The van der Waals surface area contributed by atoms with Crippen LogP contribution >= 0.6 is 0 Å². The summed E-state index contributed by atoms with van der Waals surface area (Å²) >= 11 is 0. The van der Waals surface area contributed by atoms with Crippen molar-refractivity contribution < 1.29 is 23.9 Å². The van der Waals surface area contributed by atoms with Gasteiger partial charge in [0.2, 0.25) is 11.8 Å². The molecule has 27 heavy (non-hydrogen) atoms. The van der Waals surface area contributed by atoms with E-state index in [0.29, 0.717) is 29.3 Å². The number of hydrogen-bond acceptors (Lipinski definition) is 5. The molecular formula is C20H22N2O5. The number of carbonyl (C=O) groups excluding carboxylic acids is 3. The molecule has 142 valence electrons. The number of nitrogens with one attached hydrogen (secondary N) is 1. The van der Waals surface area contributed by atoms with Gasteiger partial charge in [0.25, 0.3) is 0 Å². The molecule has 0 atom stereocenters. The summed E-state index contributed by atoms with van der Waals surface area (Å²) < 4.78 is 10.0. The minimum Gasteiger partial charge on any atom is -0.494 e. The molecule has 0 fully saturated rings. The third-order valence-electron chi connectivity index (χ3n) is 3.73. The van der Waals surface area contributed by atoms with Crippen LogP contribution in [0.4, 0.5) is 11.4 Å². The normalized spacial score (nSPS) is 10.0. The molecule has 0 bridgehead atoms. The zero-order chi connectivity index (χ0) is 19.8. The third kappa shape index (κ3) is 5.57. The topological polar surface area (TPSA) is 84.9 Å². The van der Waals surface area contributed by atoms with E-state index in [0.717, 1.165) is 0 Å². The highest BCUT2D eigenvalue weighted by atomic mass is 16.5. The van der Waals surface area contributed by atoms with Gasteiger partial charge in [0.1, 0.15) is 12.3 Å². The smallest absolute Gasteiger partial charge is 0.337 e. The maximum absolute atomic E-state index is 12.3. The maximum Gasteiger partial charge on any atom is 0.337 e. The van der Waals surface area contributed by atoms with Crippen molar-refractivity contribution in [1.29, 1.82) is 0 Å². The van der Waals surface area contributed by atoms with Crippen molar-refractivity contribution in [3.63, 3.8) is 0 Å². The van der Waals surface area contributed by atoms with E-state index in [1.807, 2.05) is 6.92 Å². The molecule has 0 unspecified atom stereocenters. The van der Waals surface area contributed by atoms with Crippen LogP contribution in [0.15, 0.2) is 48.5 Å². The molecule has 0 saturated heterocycles. The fourth-order valence-corrected chi connectivity index (χ4v) is 2.43. The Labute approximate surface area is 157 Å². The monoisotopic (exact) mass is 370 g/mol. The summed E-state index contributed by atoms with van der Waals surface area (Å²) in [6.45, 7) is 3.70. The van der Waals surface area contributed by atoms with Crippen molar-refractivity contribution in [3.05, 3.63) is 54.1 Å². The SMILES string of the molecule is CCOc1ccc(N(CC(=O)Nc2ccc(C(=O)OC)cc2)C(C)=O)cc1. The molecule has 0 aliphatic rings. The van der Waals surface area contributed by atoms with Crippen molar-refractivity contribution in [2.45, 2.75) is 13.8 Å². The largest absolute Gasteiger partial charge is 0.494 e. The lowest BCUT2D eigenvalue weighted by Gasteiger charge is -2.21. The molecule has 0 aromatic heterocycles. The lowest BCUT2D eigenvalue weighted by Crippen LogP contribution is -2.36. The molecule has 2 rings (SSSR count). The number of rotatable bonds is 7. The second-order valence-electron chi connectivity index (χ2n) is 5.65. The van der Waals surface area contributed by atoms with Crippen molar-refractivity contribution in [2.75, 3.05) is 30.5 Å². The molecule has 2 amide bonds. The molecule has 2 aromatic carbocycles. The van der Waals surface area contributed by atoms with Crippen molar-refractivity contribution in [1.82, 2.24) is 0 Å². The van der Waals surface area contributed by atoms with Gasteiger partial charge in [-0.25, -0.2) is 4.79 Å². The van der Waals surface area contributed by atoms with Crippen molar-refractivity contribution in [2.24, 2.45) is 0 Å². The van der Waals surface area contributed by atoms with Crippen LogP contribution in [0.3, 0.4) is 0 Å². The van der Waals surface area contributed by atoms with Gasteiger partial charge in [-0.15, -0.1) is 0 Å². The number of anilines is 2. The fraction of sp³-hybridized carbons (Fsp3) is 0.250. The Balaban J connectivity index is 2.04. The van der Waals surface area contributed by atoms with Gasteiger partial charge in [0.05, 0.1) is 19.3 Å². The van der Waals surface area contributed by atoms with Crippen LogP contribution < -0.4 is 15.0 Å². The van der Waals surface area contributed by atoms with Crippen LogP contribution in [-0.2, 0) is 14.3 Å². The zero-order valence-corrected chi connectivity index (χ0v) is 15.5. The highest BCUT2D eigenvalue weighted by Crippen LogP contribution is 2.20. The summed E-state index contributed by atoms with van der Waals surface area (Å²) in [6, 6.07) is 13.2. The molecule has 0 heterocycles. The second-order valence-corrected chi connectivity index (χ2v) is 5.65. The van der Waals surface area contributed by atoms with Gasteiger partial charge in [-0.05, 0) is 55.5 Å². The predicted octanol–water partition coefficient (Wildman–Crippen LogP) is 2.86. The van der Waals surface area contributed by atoms with Gasteiger partial charge in [-0.1, -0.05) is 0 Å². The first-order valence-corrected chi connectivity index (χ1v) is 8.43. The number of hydrogen-bond donors (Lipinski definition) is 1. The van der Waals surface area contributed by atoms with E-state index >= 15 is 0 Å². The summed E-state index contributed by atoms with van der Waals surface area (Å²) in [5.41, 5.74) is 1.50. The van der Waals surface area contributed by atoms with E-state index in [1.165, 1.54) is 18.9 Å². The zero-order valence-electron chi connectivity index (χ0n) is 15.5. The van der Waals surface area contributed by atoms with E-state index in [2.05, 4.69) is 10.1 Å². The highest BCUT2D eigenvalue weighted by Gasteiger charge is 2.16. The minimum atomic E-state index is -0.453. The van der Waals surface area contributed by atoms with Gasteiger partial charge in [-0.2, -0.15) is 0 Å². The summed E-state index contributed by atoms with van der Waals surface area (Å²) in [4.78, 5) is 37.1. The van der Waals surface area contributed by atoms with Crippen LogP contribution in [0.25, 0.3) is 0 Å². The summed E-state index contributed by atoms with van der Waals surface area (Å²) in [5, 5.41) is 2.70. The molecule has 0 aliphatic heterocycles. The van der Waals surface area contributed by atoms with E-state index < -0.39 is 5.97 Å². The number of benzene rings is 2. The first kappa shape index (κ1) is 20.0. The predicted molar refractivity (Wildman–Crippen MR) is 102 cm³/mol. The van der Waals surface area contributed by atoms with E-state index in [9.17, 15) is 14.4 Å². The molecule has 7 nitrogen and oxygen atoms in total. The standard InChI is InChI=1S/C20H22N2O5/c1-4-27-18-11-9-17(10-12-18)22(14(2)23)13-19(24)21-16-7-5-15(6-8-16)20(25)26-3/h5-12H,4,13H2,1-3H3,(H,21,24).